The fraction of sp³-hybridized carbons (Fsp3) is 0.294. The molecule has 0 bridgehead atoms. The largest absolute Gasteiger partial charge is 0.484 e. The summed E-state index contributed by atoms with van der Waals surface area (Å²) in [5, 5.41) is 3.11. The molecule has 128 valence electrons. The molecule has 0 saturated heterocycles. The molecule has 1 aromatic carbocycles. The number of thiophene rings is 1. The van der Waals surface area contributed by atoms with E-state index in [0.29, 0.717) is 16.3 Å². The van der Waals surface area contributed by atoms with E-state index in [1.165, 1.54) is 35.6 Å². The Balaban J connectivity index is 2.01. The third kappa shape index (κ3) is 4.79. The number of rotatable bonds is 7. The van der Waals surface area contributed by atoms with Crippen molar-refractivity contribution in [2.24, 2.45) is 0 Å². The van der Waals surface area contributed by atoms with Crippen molar-refractivity contribution in [3.8, 4) is 5.75 Å². The van der Waals surface area contributed by atoms with Crippen LogP contribution in [0, 0.1) is 5.82 Å². The first-order chi connectivity index (χ1) is 11.5. The minimum atomic E-state index is -0.469. The van der Waals surface area contributed by atoms with Crippen LogP contribution in [0.3, 0.4) is 0 Å². The third-order valence-corrected chi connectivity index (χ3v) is 4.26. The monoisotopic (exact) mass is 351 g/mol. The van der Waals surface area contributed by atoms with Gasteiger partial charge in [-0.05, 0) is 43.7 Å². The fourth-order valence-corrected chi connectivity index (χ4v) is 2.91. The molecule has 24 heavy (non-hydrogen) atoms. The highest BCUT2D eigenvalue weighted by atomic mass is 32.1. The van der Waals surface area contributed by atoms with E-state index < -0.39 is 11.9 Å². The molecule has 7 heteroatoms. The number of hydrogen-bond donors (Lipinski definition) is 1. The Morgan fingerprint density at radius 3 is 2.54 bits per heavy atom. The number of amides is 1. The van der Waals surface area contributed by atoms with E-state index in [1.54, 1.807) is 13.0 Å². The number of carbonyl (C=O) groups is 2. The maximum Gasteiger partial charge on any atom is 0.341 e. The Hall–Kier alpha value is -2.41. The zero-order chi connectivity index (χ0) is 17.5. The van der Waals surface area contributed by atoms with Crippen molar-refractivity contribution in [1.82, 2.24) is 0 Å². The van der Waals surface area contributed by atoms with Crippen molar-refractivity contribution in [3.05, 3.63) is 46.6 Å². The lowest BCUT2D eigenvalue weighted by Gasteiger charge is -2.08. The van der Waals surface area contributed by atoms with Crippen LogP contribution in [-0.4, -0.2) is 25.1 Å². The summed E-state index contributed by atoms with van der Waals surface area (Å²) in [6.45, 7) is 3.70. The van der Waals surface area contributed by atoms with Gasteiger partial charge in [0.05, 0.1) is 12.2 Å². The summed E-state index contributed by atoms with van der Waals surface area (Å²) >= 11 is 1.33. The standard InChI is InChI=1S/C17H18FNO4S/c1-3-13-9-14(17(21)22-4-2)16(24-13)19-15(20)10-23-12-7-5-11(18)6-8-12/h5-9H,3-4,10H2,1-2H3,(H,19,20). The number of carbonyl (C=O) groups excluding carboxylic acids is 2. The highest BCUT2D eigenvalue weighted by Crippen LogP contribution is 2.29. The van der Waals surface area contributed by atoms with E-state index in [2.05, 4.69) is 5.32 Å². The molecule has 0 fully saturated rings. The first-order valence-corrected chi connectivity index (χ1v) is 8.33. The van der Waals surface area contributed by atoms with Gasteiger partial charge in [-0.25, -0.2) is 9.18 Å². The van der Waals surface area contributed by atoms with Crippen LogP contribution in [0.2, 0.25) is 0 Å². The fourth-order valence-electron chi connectivity index (χ4n) is 1.91. The molecule has 0 aliphatic carbocycles. The first kappa shape index (κ1) is 17.9. The Morgan fingerprint density at radius 2 is 1.92 bits per heavy atom. The number of esters is 1. The lowest BCUT2D eigenvalue weighted by Crippen LogP contribution is -2.21. The van der Waals surface area contributed by atoms with Gasteiger partial charge in [0.1, 0.15) is 16.6 Å². The third-order valence-electron chi connectivity index (χ3n) is 3.06. The van der Waals surface area contributed by atoms with Gasteiger partial charge in [-0.15, -0.1) is 11.3 Å². The minimum Gasteiger partial charge on any atom is -0.484 e. The van der Waals surface area contributed by atoms with Crippen LogP contribution in [0.5, 0.6) is 5.75 Å². The van der Waals surface area contributed by atoms with Crippen LogP contribution in [0.25, 0.3) is 0 Å². The van der Waals surface area contributed by atoms with Gasteiger partial charge in [0.15, 0.2) is 6.61 Å². The number of ether oxygens (including phenoxy) is 2. The van der Waals surface area contributed by atoms with Gasteiger partial charge in [-0.2, -0.15) is 0 Å². The number of halogens is 1. The van der Waals surface area contributed by atoms with E-state index in [9.17, 15) is 14.0 Å². The summed E-state index contributed by atoms with van der Waals surface area (Å²) in [6, 6.07) is 7.09. The summed E-state index contributed by atoms with van der Waals surface area (Å²) in [7, 11) is 0. The molecule has 0 atom stereocenters. The van der Waals surface area contributed by atoms with E-state index in [-0.39, 0.29) is 19.0 Å². The lowest BCUT2D eigenvalue weighted by atomic mass is 10.2. The number of benzene rings is 1. The average molecular weight is 351 g/mol. The van der Waals surface area contributed by atoms with Gasteiger partial charge in [0, 0.05) is 4.88 Å². The van der Waals surface area contributed by atoms with Crippen molar-refractivity contribution in [1.29, 1.82) is 0 Å². The van der Waals surface area contributed by atoms with Crippen LogP contribution < -0.4 is 10.1 Å². The first-order valence-electron chi connectivity index (χ1n) is 7.51. The highest BCUT2D eigenvalue weighted by Gasteiger charge is 2.18. The Bertz CT molecular complexity index is 712. The molecule has 0 radical (unpaired) electrons. The number of hydrogen-bond acceptors (Lipinski definition) is 5. The number of aryl methyl sites for hydroxylation is 1. The van der Waals surface area contributed by atoms with Crippen molar-refractivity contribution in [3.63, 3.8) is 0 Å². The molecule has 5 nitrogen and oxygen atoms in total. The summed E-state index contributed by atoms with van der Waals surface area (Å²) in [4.78, 5) is 24.9. The van der Waals surface area contributed by atoms with Gasteiger partial charge in [0.2, 0.25) is 0 Å². The molecular formula is C17H18FNO4S. The Kier molecular flexibility index (Phi) is 6.31. The molecule has 1 aromatic heterocycles. The van der Waals surface area contributed by atoms with Gasteiger partial charge in [-0.3, -0.25) is 4.79 Å². The van der Waals surface area contributed by atoms with E-state index in [4.69, 9.17) is 9.47 Å². The van der Waals surface area contributed by atoms with E-state index in [1.807, 2.05) is 6.92 Å². The van der Waals surface area contributed by atoms with Crippen molar-refractivity contribution in [2.75, 3.05) is 18.5 Å². The molecule has 0 unspecified atom stereocenters. The molecule has 1 amide bonds. The average Bonchev–Trinajstić information content (AvgIpc) is 2.97. The van der Waals surface area contributed by atoms with Crippen LogP contribution in [-0.2, 0) is 16.0 Å². The maximum atomic E-state index is 12.8. The van der Waals surface area contributed by atoms with Crippen LogP contribution in [0.15, 0.2) is 30.3 Å². The molecule has 2 rings (SSSR count). The predicted molar refractivity (Wildman–Crippen MR) is 90.2 cm³/mol. The number of anilines is 1. The van der Waals surface area contributed by atoms with E-state index in [0.717, 1.165) is 11.3 Å². The predicted octanol–water partition coefficient (Wildman–Crippen LogP) is 3.64. The van der Waals surface area contributed by atoms with Crippen molar-refractivity contribution >= 4 is 28.2 Å². The Labute approximate surface area is 143 Å². The summed E-state index contributed by atoms with van der Waals surface area (Å²) in [5.74, 6) is -0.869. The van der Waals surface area contributed by atoms with Crippen LogP contribution in [0.4, 0.5) is 9.39 Å². The normalized spacial score (nSPS) is 10.3. The zero-order valence-electron chi connectivity index (χ0n) is 13.4. The second-order valence-corrected chi connectivity index (χ2v) is 5.96. The second-order valence-electron chi connectivity index (χ2n) is 4.82. The van der Waals surface area contributed by atoms with Gasteiger partial charge >= 0.3 is 5.97 Å². The van der Waals surface area contributed by atoms with Crippen LogP contribution >= 0.6 is 11.3 Å². The number of nitrogens with one attached hydrogen (secondary N) is 1. The van der Waals surface area contributed by atoms with Gasteiger partial charge in [0.25, 0.3) is 5.91 Å². The molecule has 2 aromatic rings. The lowest BCUT2D eigenvalue weighted by molar-refractivity contribution is -0.118. The van der Waals surface area contributed by atoms with Crippen molar-refractivity contribution in [2.45, 2.75) is 20.3 Å². The highest BCUT2D eigenvalue weighted by molar-refractivity contribution is 7.16. The van der Waals surface area contributed by atoms with Crippen molar-refractivity contribution < 1.29 is 23.5 Å². The molecule has 0 aliphatic heterocycles. The summed E-state index contributed by atoms with van der Waals surface area (Å²) in [6.07, 6.45) is 0.749. The Morgan fingerprint density at radius 1 is 1.21 bits per heavy atom. The van der Waals surface area contributed by atoms with E-state index >= 15 is 0 Å². The van der Waals surface area contributed by atoms with Gasteiger partial charge < -0.3 is 14.8 Å². The van der Waals surface area contributed by atoms with Crippen LogP contribution in [0.1, 0.15) is 29.1 Å². The second kappa shape index (κ2) is 8.44. The molecule has 0 saturated carbocycles. The topological polar surface area (TPSA) is 64.6 Å². The molecule has 1 heterocycles. The maximum absolute atomic E-state index is 12.8. The molecular weight excluding hydrogens is 333 g/mol. The SMILES string of the molecule is CCOC(=O)c1cc(CC)sc1NC(=O)COc1ccc(F)cc1. The summed E-state index contributed by atoms with van der Waals surface area (Å²) in [5.41, 5.74) is 0.342. The smallest absolute Gasteiger partial charge is 0.341 e. The molecule has 1 N–H and O–H groups in total. The minimum absolute atomic E-state index is 0.243. The molecule has 0 aliphatic rings. The zero-order valence-corrected chi connectivity index (χ0v) is 14.2. The van der Waals surface area contributed by atoms with Gasteiger partial charge in [-0.1, -0.05) is 6.92 Å². The quantitative estimate of drug-likeness (QED) is 0.774. The molecule has 0 spiro atoms. The summed E-state index contributed by atoms with van der Waals surface area (Å²) < 4.78 is 23.1.